The number of aliphatic hydroxyl groups is 4. The fourth-order valence-corrected chi connectivity index (χ4v) is 6.48. The third-order valence-electron chi connectivity index (χ3n) is 8.05. The second-order valence-corrected chi connectivity index (χ2v) is 10.6. The Morgan fingerprint density at radius 2 is 1.83 bits per heavy atom. The number of aliphatic hydroxyl groups excluding tert-OH is 4. The molecule has 2 saturated carbocycles. The predicted molar refractivity (Wildman–Crippen MR) is 116 cm³/mol. The molecule has 11 atom stereocenters. The van der Waals surface area contributed by atoms with Crippen molar-refractivity contribution in [3.63, 3.8) is 0 Å². The highest BCUT2D eigenvalue weighted by molar-refractivity contribution is 6.06. The summed E-state index contributed by atoms with van der Waals surface area (Å²) in [6.07, 6.45) is -6.12. The van der Waals surface area contributed by atoms with Gasteiger partial charge in [-0.05, 0) is 33.6 Å². The second-order valence-electron chi connectivity index (χ2n) is 10.6. The van der Waals surface area contributed by atoms with Crippen LogP contribution < -0.4 is 0 Å². The zero-order chi connectivity index (χ0) is 25.2. The van der Waals surface area contributed by atoms with E-state index in [-0.39, 0.29) is 37.3 Å². The minimum Gasteiger partial charge on any atom is -0.393 e. The molecule has 0 aromatic carbocycles. The number of ether oxygens (including phenoxy) is 3. The number of imide groups is 1. The Hall–Kier alpha value is -1.67. The number of amides is 2. The summed E-state index contributed by atoms with van der Waals surface area (Å²) in [7, 11) is 0. The number of nitrogens with zero attached hydrogens (tertiary/aromatic N) is 2. The lowest BCUT2D eigenvalue weighted by Gasteiger charge is -2.45. The standard InChI is InChI=1S/C23H34N2O10/c1-4-25-20(30)10-6-5-9-11(7-12(26)16(28)14(9)15(10)21(25)31)24-32-8-13(27)18-17(29)19-22(33-18)35-23(2,3)34-19/h9-10,12-19,22,26-29H,4-8H2,1-3H3/b24-11-/t9-,10-,12+,13+,14-,15+,16+,17+,18+,19-,22-/m0/s1. The molecule has 0 bridgehead atoms. The Morgan fingerprint density at radius 3 is 2.51 bits per heavy atom. The lowest BCUT2D eigenvalue weighted by atomic mass is 9.60. The quantitative estimate of drug-likeness (QED) is 0.265. The van der Waals surface area contributed by atoms with Crippen molar-refractivity contribution in [2.45, 2.75) is 88.7 Å². The van der Waals surface area contributed by atoms with Crippen molar-refractivity contribution in [3.05, 3.63) is 0 Å². The molecule has 0 aromatic heterocycles. The Bertz CT molecular complexity index is 896. The van der Waals surface area contributed by atoms with Crippen LogP contribution in [0.2, 0.25) is 0 Å². The van der Waals surface area contributed by atoms with E-state index >= 15 is 0 Å². The molecule has 12 heteroatoms. The number of carbonyl (C=O) groups is 2. The highest BCUT2D eigenvalue weighted by Gasteiger charge is 2.60. The van der Waals surface area contributed by atoms with Gasteiger partial charge in [0.05, 0.1) is 29.8 Å². The summed E-state index contributed by atoms with van der Waals surface area (Å²) in [6.45, 7) is 5.12. The van der Waals surface area contributed by atoms with Crippen LogP contribution in [-0.2, 0) is 28.6 Å². The zero-order valence-electron chi connectivity index (χ0n) is 20.0. The molecule has 5 rings (SSSR count). The number of hydrogen-bond acceptors (Lipinski definition) is 11. The van der Waals surface area contributed by atoms with Gasteiger partial charge in [0, 0.05) is 24.8 Å². The normalized spacial score (nSPS) is 46.5. The molecule has 4 N–H and O–H groups in total. The van der Waals surface area contributed by atoms with E-state index in [0.29, 0.717) is 18.6 Å². The summed E-state index contributed by atoms with van der Waals surface area (Å²) in [5, 5.41) is 46.5. The molecule has 35 heavy (non-hydrogen) atoms. The van der Waals surface area contributed by atoms with Crippen LogP contribution in [0.1, 0.15) is 40.0 Å². The molecule has 0 spiro atoms. The van der Waals surface area contributed by atoms with E-state index < -0.39 is 66.5 Å². The number of likely N-dealkylation sites (tertiary alicyclic amines) is 1. The van der Waals surface area contributed by atoms with Crippen LogP contribution in [0.25, 0.3) is 0 Å². The molecule has 196 valence electrons. The van der Waals surface area contributed by atoms with E-state index in [2.05, 4.69) is 5.16 Å². The fourth-order valence-electron chi connectivity index (χ4n) is 6.48. The first kappa shape index (κ1) is 25.0. The van der Waals surface area contributed by atoms with Crippen molar-refractivity contribution >= 4 is 17.5 Å². The Balaban J connectivity index is 1.25. The molecule has 2 aliphatic carbocycles. The summed E-state index contributed by atoms with van der Waals surface area (Å²) in [5.74, 6) is -3.60. The molecule has 3 aliphatic heterocycles. The van der Waals surface area contributed by atoms with Crippen LogP contribution in [0.15, 0.2) is 5.16 Å². The van der Waals surface area contributed by atoms with Gasteiger partial charge in [-0.2, -0.15) is 0 Å². The third kappa shape index (κ3) is 4.08. The minimum absolute atomic E-state index is 0.0545. The first-order chi connectivity index (χ1) is 16.5. The molecule has 3 saturated heterocycles. The average Bonchev–Trinajstić information content (AvgIpc) is 3.37. The monoisotopic (exact) mass is 498 g/mol. The van der Waals surface area contributed by atoms with Gasteiger partial charge in [0.2, 0.25) is 11.8 Å². The number of carbonyl (C=O) groups excluding carboxylic acids is 2. The molecule has 3 heterocycles. The highest BCUT2D eigenvalue weighted by Crippen LogP contribution is 2.49. The van der Waals surface area contributed by atoms with Crippen LogP contribution in [0.4, 0.5) is 0 Å². The van der Waals surface area contributed by atoms with Gasteiger partial charge < -0.3 is 39.5 Å². The first-order valence-corrected chi connectivity index (χ1v) is 12.3. The average molecular weight is 499 g/mol. The summed E-state index contributed by atoms with van der Waals surface area (Å²) < 4.78 is 16.8. The molecule has 5 aliphatic rings. The van der Waals surface area contributed by atoms with E-state index in [1.165, 1.54) is 4.90 Å². The number of hydrogen-bond donors (Lipinski definition) is 4. The second kappa shape index (κ2) is 9.02. The summed E-state index contributed by atoms with van der Waals surface area (Å²) in [6, 6.07) is 0. The number of fused-ring (bicyclic) bond motifs is 4. The van der Waals surface area contributed by atoms with Gasteiger partial charge in [-0.1, -0.05) is 5.16 Å². The molecule has 12 nitrogen and oxygen atoms in total. The Morgan fingerprint density at radius 1 is 1.11 bits per heavy atom. The number of rotatable bonds is 5. The van der Waals surface area contributed by atoms with E-state index in [1.54, 1.807) is 20.8 Å². The fraction of sp³-hybridized carbons (Fsp3) is 0.870. The lowest BCUT2D eigenvalue weighted by molar-refractivity contribution is -0.228. The third-order valence-corrected chi connectivity index (χ3v) is 8.05. The van der Waals surface area contributed by atoms with Gasteiger partial charge in [-0.15, -0.1) is 0 Å². The first-order valence-electron chi connectivity index (χ1n) is 12.3. The van der Waals surface area contributed by atoms with Crippen molar-refractivity contribution in [2.75, 3.05) is 13.2 Å². The molecule has 0 unspecified atom stereocenters. The van der Waals surface area contributed by atoms with Crippen molar-refractivity contribution in [1.82, 2.24) is 4.90 Å². The van der Waals surface area contributed by atoms with Gasteiger partial charge in [0.15, 0.2) is 12.1 Å². The summed E-state index contributed by atoms with van der Waals surface area (Å²) in [4.78, 5) is 32.2. The van der Waals surface area contributed by atoms with E-state index in [4.69, 9.17) is 19.0 Å². The van der Waals surface area contributed by atoms with Crippen LogP contribution in [0.3, 0.4) is 0 Å². The largest absolute Gasteiger partial charge is 0.393 e. The minimum atomic E-state index is -1.23. The highest BCUT2D eigenvalue weighted by atomic mass is 16.8. The lowest BCUT2D eigenvalue weighted by Crippen LogP contribution is -2.54. The smallest absolute Gasteiger partial charge is 0.233 e. The molecule has 2 amide bonds. The Labute approximate surface area is 202 Å². The predicted octanol–water partition coefficient (Wildman–Crippen LogP) is -1.27. The van der Waals surface area contributed by atoms with Crippen molar-refractivity contribution in [1.29, 1.82) is 0 Å². The van der Waals surface area contributed by atoms with Gasteiger partial charge in [0.25, 0.3) is 0 Å². The summed E-state index contributed by atoms with van der Waals surface area (Å²) in [5.41, 5.74) is 0.479. The van der Waals surface area contributed by atoms with Crippen LogP contribution in [0, 0.1) is 23.7 Å². The maximum absolute atomic E-state index is 12.9. The van der Waals surface area contributed by atoms with Gasteiger partial charge in [0.1, 0.15) is 31.0 Å². The van der Waals surface area contributed by atoms with Crippen molar-refractivity contribution in [2.24, 2.45) is 28.8 Å². The SMILES string of the molecule is CCN1C(=O)[C@H]2[C@H]3[C@H](O)[C@H](O)C/C(=N/OC[C@@H](O)[C@H]4O[C@H]5OC(C)(C)O[C@H]5[C@@H]4O)[C@@H]3CC[C@@H]2C1=O. The van der Waals surface area contributed by atoms with Crippen LogP contribution in [0.5, 0.6) is 0 Å². The van der Waals surface area contributed by atoms with Gasteiger partial charge >= 0.3 is 0 Å². The molecule has 0 aromatic rings. The van der Waals surface area contributed by atoms with Gasteiger partial charge in [-0.3, -0.25) is 14.5 Å². The maximum atomic E-state index is 12.9. The van der Waals surface area contributed by atoms with Gasteiger partial charge in [-0.25, -0.2) is 0 Å². The molecular weight excluding hydrogens is 464 g/mol. The van der Waals surface area contributed by atoms with Crippen molar-refractivity contribution < 1.29 is 49.1 Å². The van der Waals surface area contributed by atoms with Crippen molar-refractivity contribution in [3.8, 4) is 0 Å². The summed E-state index contributed by atoms with van der Waals surface area (Å²) >= 11 is 0. The van der Waals surface area contributed by atoms with Crippen LogP contribution in [-0.4, -0.2) is 105 Å². The van der Waals surface area contributed by atoms with E-state index in [9.17, 15) is 30.0 Å². The maximum Gasteiger partial charge on any atom is 0.233 e. The van der Waals surface area contributed by atoms with E-state index in [1.807, 2.05) is 0 Å². The van der Waals surface area contributed by atoms with Crippen LogP contribution >= 0.6 is 0 Å². The zero-order valence-corrected chi connectivity index (χ0v) is 20.0. The molecular formula is C23H34N2O10. The molecule has 0 radical (unpaired) electrons. The molecule has 5 fully saturated rings. The van der Waals surface area contributed by atoms with E-state index in [0.717, 1.165) is 0 Å². The number of oxime groups is 1. The topological polar surface area (TPSA) is 168 Å². The Kier molecular flexibility index (Phi) is 6.44.